The number of hydrogen-bond donors (Lipinski definition) is 2. The van der Waals surface area contributed by atoms with E-state index in [1.54, 1.807) is 13.2 Å². The molecule has 1 aromatic rings. The Balaban J connectivity index is 1.85. The number of aromatic amines is 1. The summed E-state index contributed by atoms with van der Waals surface area (Å²) in [6.07, 6.45) is 5.65. The predicted molar refractivity (Wildman–Crippen MR) is 61.1 cm³/mol. The van der Waals surface area contributed by atoms with Crippen LogP contribution in [-0.2, 0) is 4.79 Å². The Morgan fingerprint density at radius 3 is 2.94 bits per heavy atom. The predicted octanol–water partition coefficient (Wildman–Crippen LogP) is 0.335. The number of nitrogens with one attached hydrogen (secondary N) is 2. The molecule has 0 atom stereocenters. The Bertz CT molecular complexity index is 328. The number of carbonyl (C=O) groups is 1. The Kier molecular flexibility index (Phi) is 3.56. The molecule has 0 aromatic carbocycles. The second-order valence-corrected chi connectivity index (χ2v) is 4.16. The molecule has 2 N–H and O–H groups in total. The first-order valence-electron chi connectivity index (χ1n) is 5.73. The fraction of sp³-hybridized carbons (Fsp3) is 0.636. The van der Waals surface area contributed by atoms with E-state index in [0.29, 0.717) is 12.5 Å². The number of imidazole rings is 1. The van der Waals surface area contributed by atoms with Crippen LogP contribution in [0.3, 0.4) is 0 Å². The van der Waals surface area contributed by atoms with Crippen molar-refractivity contribution >= 4 is 5.91 Å². The fourth-order valence-corrected chi connectivity index (χ4v) is 2.17. The SMILES string of the molecule is CNCC(=O)N1CCC(c2ncc[nH]2)CC1. The van der Waals surface area contributed by atoms with Crippen LogP contribution in [0.2, 0.25) is 0 Å². The molecule has 1 fully saturated rings. The molecule has 1 aromatic heterocycles. The van der Waals surface area contributed by atoms with Gasteiger partial charge in [0.05, 0.1) is 6.54 Å². The lowest BCUT2D eigenvalue weighted by Crippen LogP contribution is -2.42. The number of piperidine rings is 1. The Hall–Kier alpha value is -1.36. The number of hydrogen-bond acceptors (Lipinski definition) is 3. The second-order valence-electron chi connectivity index (χ2n) is 4.16. The van der Waals surface area contributed by atoms with Crippen molar-refractivity contribution in [1.29, 1.82) is 0 Å². The van der Waals surface area contributed by atoms with Crippen LogP contribution >= 0.6 is 0 Å². The van der Waals surface area contributed by atoms with Crippen molar-refractivity contribution in [3.63, 3.8) is 0 Å². The number of likely N-dealkylation sites (N-methyl/N-ethyl adjacent to an activating group) is 1. The molecule has 16 heavy (non-hydrogen) atoms. The quantitative estimate of drug-likeness (QED) is 0.775. The first kappa shape index (κ1) is 11.1. The van der Waals surface area contributed by atoms with E-state index in [4.69, 9.17) is 0 Å². The van der Waals surface area contributed by atoms with Crippen molar-refractivity contribution in [1.82, 2.24) is 20.2 Å². The normalized spacial score (nSPS) is 17.7. The number of H-pyrrole nitrogens is 1. The topological polar surface area (TPSA) is 61.0 Å². The lowest BCUT2D eigenvalue weighted by Gasteiger charge is -2.31. The molecule has 5 heteroatoms. The minimum atomic E-state index is 0.195. The van der Waals surface area contributed by atoms with E-state index in [1.807, 2.05) is 11.1 Å². The summed E-state index contributed by atoms with van der Waals surface area (Å²) in [5.41, 5.74) is 0. The molecule has 0 radical (unpaired) electrons. The molecule has 1 aliphatic rings. The third-order valence-electron chi connectivity index (χ3n) is 3.08. The molecular formula is C11H18N4O. The standard InChI is InChI=1S/C11H18N4O/c1-12-8-10(16)15-6-2-9(3-7-15)11-13-4-5-14-11/h4-5,9,12H,2-3,6-8H2,1H3,(H,13,14). The van der Waals surface area contributed by atoms with E-state index in [9.17, 15) is 4.79 Å². The first-order valence-corrected chi connectivity index (χ1v) is 5.73. The summed E-state index contributed by atoms with van der Waals surface area (Å²) in [5.74, 6) is 1.73. The molecular weight excluding hydrogens is 204 g/mol. The van der Waals surface area contributed by atoms with Gasteiger partial charge in [-0.3, -0.25) is 4.79 Å². The van der Waals surface area contributed by atoms with Crippen LogP contribution < -0.4 is 5.32 Å². The summed E-state index contributed by atoms with van der Waals surface area (Å²) in [6.45, 7) is 2.11. The van der Waals surface area contributed by atoms with Crippen LogP contribution in [0.15, 0.2) is 12.4 Å². The molecule has 1 aliphatic heterocycles. The Morgan fingerprint density at radius 1 is 1.62 bits per heavy atom. The zero-order chi connectivity index (χ0) is 11.4. The van der Waals surface area contributed by atoms with Crippen molar-refractivity contribution in [3.8, 4) is 0 Å². The lowest BCUT2D eigenvalue weighted by atomic mass is 9.96. The van der Waals surface area contributed by atoms with Crippen molar-refractivity contribution in [2.24, 2.45) is 0 Å². The van der Waals surface area contributed by atoms with Gasteiger partial charge in [0.15, 0.2) is 0 Å². The van der Waals surface area contributed by atoms with Gasteiger partial charge in [-0.15, -0.1) is 0 Å². The van der Waals surface area contributed by atoms with Crippen LogP contribution in [0, 0.1) is 0 Å². The maximum absolute atomic E-state index is 11.6. The van der Waals surface area contributed by atoms with E-state index < -0.39 is 0 Å². The van der Waals surface area contributed by atoms with Crippen LogP contribution in [-0.4, -0.2) is 47.5 Å². The maximum atomic E-state index is 11.6. The van der Waals surface area contributed by atoms with E-state index >= 15 is 0 Å². The highest BCUT2D eigenvalue weighted by Crippen LogP contribution is 2.24. The molecule has 2 heterocycles. The van der Waals surface area contributed by atoms with Crippen LogP contribution in [0.5, 0.6) is 0 Å². The third kappa shape index (κ3) is 2.41. The number of carbonyl (C=O) groups excluding carboxylic acids is 1. The van der Waals surface area contributed by atoms with Gasteiger partial charge in [0, 0.05) is 31.4 Å². The summed E-state index contributed by atoms with van der Waals surface area (Å²) >= 11 is 0. The zero-order valence-corrected chi connectivity index (χ0v) is 9.57. The number of amides is 1. The van der Waals surface area contributed by atoms with Gasteiger partial charge in [-0.1, -0.05) is 0 Å². The zero-order valence-electron chi connectivity index (χ0n) is 9.57. The van der Waals surface area contributed by atoms with Crippen molar-refractivity contribution < 1.29 is 4.79 Å². The van der Waals surface area contributed by atoms with Gasteiger partial charge in [0.2, 0.25) is 5.91 Å². The van der Waals surface area contributed by atoms with Gasteiger partial charge in [-0.05, 0) is 19.9 Å². The van der Waals surface area contributed by atoms with Gasteiger partial charge >= 0.3 is 0 Å². The van der Waals surface area contributed by atoms with Crippen LogP contribution in [0.4, 0.5) is 0 Å². The monoisotopic (exact) mass is 222 g/mol. The summed E-state index contributed by atoms with van der Waals surface area (Å²) in [4.78, 5) is 21.0. The van der Waals surface area contributed by atoms with Gasteiger partial charge in [0.1, 0.15) is 5.82 Å². The third-order valence-corrected chi connectivity index (χ3v) is 3.08. The molecule has 0 bridgehead atoms. The average Bonchev–Trinajstić information content (AvgIpc) is 2.83. The molecule has 0 aliphatic carbocycles. The number of rotatable bonds is 3. The molecule has 0 unspecified atom stereocenters. The largest absolute Gasteiger partial charge is 0.348 e. The summed E-state index contributed by atoms with van der Waals surface area (Å²) in [6, 6.07) is 0. The van der Waals surface area contributed by atoms with Crippen LogP contribution in [0.1, 0.15) is 24.6 Å². The minimum Gasteiger partial charge on any atom is -0.348 e. The van der Waals surface area contributed by atoms with E-state index in [0.717, 1.165) is 31.8 Å². The molecule has 5 nitrogen and oxygen atoms in total. The highest BCUT2D eigenvalue weighted by atomic mass is 16.2. The fourth-order valence-electron chi connectivity index (χ4n) is 2.17. The van der Waals surface area contributed by atoms with Crippen molar-refractivity contribution in [3.05, 3.63) is 18.2 Å². The van der Waals surface area contributed by atoms with E-state index in [2.05, 4.69) is 15.3 Å². The van der Waals surface area contributed by atoms with E-state index in [1.165, 1.54) is 0 Å². The molecule has 1 saturated heterocycles. The Morgan fingerprint density at radius 2 is 2.38 bits per heavy atom. The number of aromatic nitrogens is 2. The molecule has 0 saturated carbocycles. The minimum absolute atomic E-state index is 0.195. The molecule has 1 amide bonds. The van der Waals surface area contributed by atoms with Gasteiger partial charge < -0.3 is 15.2 Å². The lowest BCUT2D eigenvalue weighted by molar-refractivity contribution is -0.131. The second kappa shape index (κ2) is 5.12. The maximum Gasteiger partial charge on any atom is 0.236 e. The molecule has 2 rings (SSSR count). The van der Waals surface area contributed by atoms with Crippen molar-refractivity contribution in [2.45, 2.75) is 18.8 Å². The summed E-state index contributed by atoms with van der Waals surface area (Å²) < 4.78 is 0. The van der Waals surface area contributed by atoms with E-state index in [-0.39, 0.29) is 5.91 Å². The summed E-state index contributed by atoms with van der Waals surface area (Å²) in [7, 11) is 1.80. The smallest absolute Gasteiger partial charge is 0.236 e. The Labute approximate surface area is 95.2 Å². The average molecular weight is 222 g/mol. The first-order chi connectivity index (χ1) is 7.81. The highest BCUT2D eigenvalue weighted by molar-refractivity contribution is 5.78. The number of nitrogens with zero attached hydrogens (tertiary/aromatic N) is 2. The highest BCUT2D eigenvalue weighted by Gasteiger charge is 2.24. The van der Waals surface area contributed by atoms with Crippen molar-refractivity contribution in [2.75, 3.05) is 26.7 Å². The van der Waals surface area contributed by atoms with Gasteiger partial charge in [0.25, 0.3) is 0 Å². The molecule has 88 valence electrons. The van der Waals surface area contributed by atoms with Gasteiger partial charge in [-0.25, -0.2) is 4.98 Å². The summed E-state index contributed by atoms with van der Waals surface area (Å²) in [5, 5.41) is 2.89. The van der Waals surface area contributed by atoms with Crippen LogP contribution in [0.25, 0.3) is 0 Å². The number of likely N-dealkylation sites (tertiary alicyclic amines) is 1. The van der Waals surface area contributed by atoms with Gasteiger partial charge in [-0.2, -0.15) is 0 Å². The molecule has 0 spiro atoms.